The second-order valence-corrected chi connectivity index (χ2v) is 11.4. The van der Waals surface area contributed by atoms with Crippen LogP contribution >= 0.6 is 0 Å². The molecule has 0 unspecified atom stereocenters. The molecule has 1 fully saturated rings. The average molecular weight is 584 g/mol. The van der Waals surface area contributed by atoms with E-state index in [1.165, 1.54) is 16.5 Å². The van der Waals surface area contributed by atoms with Crippen molar-refractivity contribution in [2.24, 2.45) is 0 Å². The summed E-state index contributed by atoms with van der Waals surface area (Å²) in [5.74, 6) is -1.36. The maximum atomic E-state index is 13.7. The smallest absolute Gasteiger partial charge is 0.274 e. The molecule has 3 aromatic heterocycles. The molecule has 0 radical (unpaired) electrons. The maximum absolute atomic E-state index is 13.7. The largest absolute Gasteiger partial charge is 0.503 e. The van der Waals surface area contributed by atoms with Gasteiger partial charge in [0.05, 0.1) is 29.9 Å². The standard InChI is InChI=1S/C31H33N7O5/c1-17(2)37-11-12-38-24(14-23(39)28(41)27(38)31(37)43)36(3)25(40)13-21(18-7-5-4-6-8-18)35-30(42)20-15-32-29-26(20)34-22(16-33-29)19-9-10-19/h4-8,14-17,19,21,41H,9-13H2,1-3H3,(H,32,33)(H,35,42)/t21-/m0/s1. The molecule has 1 aliphatic carbocycles. The van der Waals surface area contributed by atoms with Gasteiger partial charge in [-0.2, -0.15) is 0 Å². The van der Waals surface area contributed by atoms with Gasteiger partial charge in [-0.15, -0.1) is 0 Å². The number of aromatic hydroxyl groups is 1. The fourth-order valence-electron chi connectivity index (χ4n) is 5.55. The molecule has 1 saturated carbocycles. The summed E-state index contributed by atoms with van der Waals surface area (Å²) in [6, 6.07) is 9.46. The third-order valence-corrected chi connectivity index (χ3v) is 8.16. The Bertz CT molecular complexity index is 1790. The number of carbonyl (C=O) groups is 3. The molecule has 1 atom stereocenters. The summed E-state index contributed by atoms with van der Waals surface area (Å²) in [5, 5.41) is 13.5. The van der Waals surface area contributed by atoms with Crippen LogP contribution in [0.5, 0.6) is 5.75 Å². The van der Waals surface area contributed by atoms with Gasteiger partial charge in [0.15, 0.2) is 17.1 Å². The summed E-state index contributed by atoms with van der Waals surface area (Å²) in [6.45, 7) is 4.37. The molecule has 6 rings (SSSR count). The minimum absolute atomic E-state index is 0.127. The molecule has 12 nitrogen and oxygen atoms in total. The van der Waals surface area contributed by atoms with Crippen LogP contribution in [0, 0.1) is 0 Å². The molecule has 3 amide bonds. The van der Waals surface area contributed by atoms with Crippen molar-refractivity contribution in [2.45, 2.75) is 57.7 Å². The van der Waals surface area contributed by atoms with Gasteiger partial charge in [-0.25, -0.2) is 9.97 Å². The van der Waals surface area contributed by atoms with Gasteiger partial charge >= 0.3 is 0 Å². The van der Waals surface area contributed by atoms with E-state index in [0.717, 1.165) is 30.2 Å². The van der Waals surface area contributed by atoms with Crippen molar-refractivity contribution in [3.05, 3.63) is 81.5 Å². The predicted octanol–water partition coefficient (Wildman–Crippen LogP) is 3.09. The molecule has 4 aromatic rings. The summed E-state index contributed by atoms with van der Waals surface area (Å²) in [6.07, 6.45) is 5.28. The fraction of sp³-hybridized carbons (Fsp3) is 0.355. The fourth-order valence-corrected chi connectivity index (χ4v) is 5.55. The van der Waals surface area contributed by atoms with Crippen LogP contribution in [-0.4, -0.2) is 66.9 Å². The summed E-state index contributed by atoms with van der Waals surface area (Å²) in [4.78, 5) is 68.2. The number of aromatic nitrogens is 4. The highest BCUT2D eigenvalue weighted by Gasteiger charge is 2.33. The molecule has 0 spiro atoms. The average Bonchev–Trinajstić information content (AvgIpc) is 3.77. The van der Waals surface area contributed by atoms with Crippen LogP contribution in [0.15, 0.2) is 53.6 Å². The second kappa shape index (κ2) is 11.0. The minimum atomic E-state index is -0.751. The normalized spacial score (nSPS) is 15.4. The van der Waals surface area contributed by atoms with Crippen molar-refractivity contribution >= 4 is 34.7 Å². The van der Waals surface area contributed by atoms with Crippen molar-refractivity contribution in [3.8, 4) is 5.75 Å². The van der Waals surface area contributed by atoms with E-state index >= 15 is 0 Å². The number of H-pyrrole nitrogens is 1. The molecule has 4 heterocycles. The zero-order chi connectivity index (χ0) is 30.4. The molecule has 0 saturated heterocycles. The summed E-state index contributed by atoms with van der Waals surface area (Å²) < 4.78 is 1.51. The maximum Gasteiger partial charge on any atom is 0.274 e. The van der Waals surface area contributed by atoms with Gasteiger partial charge in [0.2, 0.25) is 11.3 Å². The molecule has 1 aromatic carbocycles. The van der Waals surface area contributed by atoms with Crippen LogP contribution < -0.4 is 15.6 Å². The SMILES string of the molecule is CC(C)N1CCn2c(N(C)C(=O)C[C@H](NC(=O)c3c[nH]c4ncc(C5CC5)nc34)c3ccccc3)cc(=O)c(O)c2C1=O. The lowest BCUT2D eigenvalue weighted by Crippen LogP contribution is -2.46. The lowest BCUT2D eigenvalue weighted by Gasteiger charge is -2.35. The lowest BCUT2D eigenvalue weighted by molar-refractivity contribution is -0.118. The molecule has 0 bridgehead atoms. The summed E-state index contributed by atoms with van der Waals surface area (Å²) >= 11 is 0. The predicted molar refractivity (Wildman–Crippen MR) is 159 cm³/mol. The van der Waals surface area contributed by atoms with Crippen LogP contribution in [0.1, 0.15) is 77.2 Å². The Kier molecular flexibility index (Phi) is 7.20. The van der Waals surface area contributed by atoms with E-state index in [4.69, 9.17) is 4.98 Å². The van der Waals surface area contributed by atoms with Crippen LogP contribution in [0.2, 0.25) is 0 Å². The first-order valence-corrected chi connectivity index (χ1v) is 14.4. The molecular formula is C31H33N7O5. The van der Waals surface area contributed by atoms with Crippen molar-refractivity contribution in [1.29, 1.82) is 0 Å². The van der Waals surface area contributed by atoms with Crippen molar-refractivity contribution in [2.75, 3.05) is 18.5 Å². The quantitative estimate of drug-likeness (QED) is 0.288. The van der Waals surface area contributed by atoms with E-state index in [-0.39, 0.29) is 24.0 Å². The monoisotopic (exact) mass is 583 g/mol. The number of carbonyl (C=O) groups excluding carboxylic acids is 3. The van der Waals surface area contributed by atoms with Gasteiger partial charge in [-0.1, -0.05) is 30.3 Å². The highest BCUT2D eigenvalue weighted by atomic mass is 16.3. The van der Waals surface area contributed by atoms with Crippen molar-refractivity contribution in [1.82, 2.24) is 29.7 Å². The number of nitrogens with one attached hydrogen (secondary N) is 2. The summed E-state index contributed by atoms with van der Waals surface area (Å²) in [5.41, 5.74) is 2.01. The van der Waals surface area contributed by atoms with Gasteiger partial charge in [-0.3, -0.25) is 19.2 Å². The van der Waals surface area contributed by atoms with E-state index in [9.17, 15) is 24.3 Å². The minimum Gasteiger partial charge on any atom is -0.503 e. The first-order valence-electron chi connectivity index (χ1n) is 14.4. The van der Waals surface area contributed by atoms with Gasteiger partial charge < -0.3 is 29.8 Å². The number of nitrogens with zero attached hydrogens (tertiary/aromatic N) is 5. The Balaban J connectivity index is 1.29. The van der Waals surface area contributed by atoms with E-state index in [1.807, 2.05) is 44.2 Å². The van der Waals surface area contributed by atoms with E-state index in [0.29, 0.717) is 35.7 Å². The van der Waals surface area contributed by atoms with E-state index in [2.05, 4.69) is 15.3 Å². The summed E-state index contributed by atoms with van der Waals surface area (Å²) in [7, 11) is 1.51. The zero-order valence-corrected chi connectivity index (χ0v) is 24.2. The first-order chi connectivity index (χ1) is 20.6. The molecule has 222 valence electrons. The zero-order valence-electron chi connectivity index (χ0n) is 24.2. The number of fused-ring (bicyclic) bond motifs is 2. The Morgan fingerprint density at radius 3 is 2.60 bits per heavy atom. The Morgan fingerprint density at radius 2 is 1.91 bits per heavy atom. The molecule has 2 aliphatic rings. The Hall–Kier alpha value is -5.00. The lowest BCUT2D eigenvalue weighted by atomic mass is 10.0. The third kappa shape index (κ3) is 5.24. The topological polar surface area (TPSA) is 154 Å². The number of pyridine rings is 1. The molecular weight excluding hydrogens is 550 g/mol. The number of hydrogen-bond donors (Lipinski definition) is 3. The van der Waals surface area contributed by atoms with Crippen molar-refractivity contribution < 1.29 is 19.5 Å². The number of anilines is 1. The Labute approximate surface area is 247 Å². The van der Waals surface area contributed by atoms with Crippen LogP contribution in [0.25, 0.3) is 11.2 Å². The van der Waals surface area contributed by atoms with Gasteiger partial charge in [0.25, 0.3) is 11.8 Å². The highest BCUT2D eigenvalue weighted by molar-refractivity contribution is 6.05. The number of benzene rings is 1. The Morgan fingerprint density at radius 1 is 1.16 bits per heavy atom. The number of hydrogen-bond acceptors (Lipinski definition) is 7. The third-order valence-electron chi connectivity index (χ3n) is 8.16. The van der Waals surface area contributed by atoms with Gasteiger partial charge in [0.1, 0.15) is 11.3 Å². The van der Waals surface area contributed by atoms with Crippen LogP contribution in [0.3, 0.4) is 0 Å². The molecule has 3 N–H and O–H groups in total. The number of rotatable bonds is 8. The number of aromatic amines is 1. The second-order valence-electron chi connectivity index (χ2n) is 11.4. The van der Waals surface area contributed by atoms with E-state index < -0.39 is 34.9 Å². The first kappa shape index (κ1) is 28.1. The van der Waals surface area contributed by atoms with Crippen molar-refractivity contribution in [3.63, 3.8) is 0 Å². The van der Waals surface area contributed by atoms with Gasteiger partial charge in [-0.05, 0) is 32.3 Å². The molecule has 1 aliphatic heterocycles. The van der Waals surface area contributed by atoms with E-state index in [1.54, 1.807) is 17.3 Å². The highest BCUT2D eigenvalue weighted by Crippen LogP contribution is 2.39. The number of amides is 3. The van der Waals surface area contributed by atoms with Crippen LogP contribution in [0.4, 0.5) is 5.82 Å². The molecule has 12 heteroatoms. The van der Waals surface area contributed by atoms with Crippen LogP contribution in [-0.2, 0) is 11.3 Å². The van der Waals surface area contributed by atoms with Gasteiger partial charge in [0, 0.05) is 44.4 Å². The molecule has 43 heavy (non-hydrogen) atoms.